The first-order chi connectivity index (χ1) is 29.6. The normalized spacial score (nSPS) is 21.1. The van der Waals surface area contributed by atoms with Crippen LogP contribution in [0.25, 0.3) is 5.52 Å². The lowest BCUT2D eigenvalue weighted by Gasteiger charge is -2.34. The zero-order chi connectivity index (χ0) is 46.2. The number of amides is 2. The van der Waals surface area contributed by atoms with Gasteiger partial charge in [-0.2, -0.15) is 10.4 Å². The highest BCUT2D eigenvalue weighted by molar-refractivity contribution is 6.69. The van der Waals surface area contributed by atoms with E-state index in [0.717, 1.165) is 44.0 Å². The number of nitrogens with zero attached hydrogens (tertiary/aromatic N) is 4. The van der Waals surface area contributed by atoms with Crippen molar-refractivity contribution in [1.82, 2.24) is 19.9 Å². The summed E-state index contributed by atoms with van der Waals surface area (Å²) in [6.45, 7) is 14.6. The van der Waals surface area contributed by atoms with Crippen LogP contribution in [0.5, 0.6) is 0 Å². The second kappa shape index (κ2) is 20.3. The third kappa shape index (κ3) is 13.2. The average molecular weight is 893 g/mol. The van der Waals surface area contributed by atoms with Crippen LogP contribution in [-0.2, 0) is 59.3 Å². The molecule has 0 radical (unpaired) electrons. The molecule has 1 aromatic carbocycles. The minimum Gasteiger partial charge on any atom is -0.461 e. The van der Waals surface area contributed by atoms with Crippen LogP contribution in [0.1, 0.15) is 91.3 Å². The van der Waals surface area contributed by atoms with Crippen molar-refractivity contribution in [3.8, 4) is 6.07 Å². The van der Waals surface area contributed by atoms with Crippen LogP contribution < -0.4 is 10.6 Å². The molecular formula is C44H60N6O12Si. The first-order valence-electron chi connectivity index (χ1n) is 21.2. The number of carbonyl (C=O) groups is 5. The van der Waals surface area contributed by atoms with E-state index >= 15 is 0 Å². The van der Waals surface area contributed by atoms with Gasteiger partial charge < -0.3 is 38.2 Å². The number of rotatable bonds is 15. The molecule has 1 aliphatic carbocycles. The average Bonchev–Trinajstić information content (AvgIpc) is 3.75. The maximum absolute atomic E-state index is 14.0. The predicted molar refractivity (Wildman–Crippen MR) is 229 cm³/mol. The van der Waals surface area contributed by atoms with E-state index in [1.807, 2.05) is 25.7 Å². The Bertz CT molecular complexity index is 2130. The van der Waals surface area contributed by atoms with E-state index in [4.69, 9.17) is 32.8 Å². The molecule has 5 atom stereocenters. The molecule has 2 aromatic heterocycles. The number of nitriles is 1. The SMILES string of the molecule is CC(C)(C)OC(=O)N[C@@H](Cc1ccccc1)C(=O)OC[C@H]1O[C@@](C#N)(c2ccc3c(NC(=O)OCOC(=O)C(C)(C)C)ncnn23)C(O[Si](C)(C)C)[C@@H]1OC(=O)CC1CCCCC1. The topological polar surface area (TPSA) is 228 Å². The second-order valence-electron chi connectivity index (χ2n) is 18.8. The van der Waals surface area contributed by atoms with Crippen molar-refractivity contribution in [2.24, 2.45) is 11.3 Å². The van der Waals surface area contributed by atoms with Crippen LogP contribution in [0.2, 0.25) is 19.6 Å². The van der Waals surface area contributed by atoms with E-state index in [2.05, 4.69) is 26.8 Å². The smallest absolute Gasteiger partial charge is 0.415 e. The van der Waals surface area contributed by atoms with Gasteiger partial charge in [0.25, 0.3) is 0 Å². The Morgan fingerprint density at radius 3 is 2.29 bits per heavy atom. The van der Waals surface area contributed by atoms with E-state index in [9.17, 15) is 29.2 Å². The van der Waals surface area contributed by atoms with Crippen molar-refractivity contribution in [3.63, 3.8) is 0 Å². The summed E-state index contributed by atoms with van der Waals surface area (Å²) < 4.78 is 42.4. The maximum atomic E-state index is 14.0. The third-order valence-corrected chi connectivity index (χ3v) is 11.2. The van der Waals surface area contributed by atoms with Gasteiger partial charge in [0.05, 0.1) is 11.1 Å². The van der Waals surface area contributed by atoms with Gasteiger partial charge in [0.2, 0.25) is 12.4 Å². The number of carbonyl (C=O) groups excluding carboxylic acids is 5. The van der Waals surface area contributed by atoms with Crippen LogP contribution >= 0.6 is 0 Å². The molecule has 5 rings (SSSR count). The van der Waals surface area contributed by atoms with Gasteiger partial charge in [-0.15, -0.1) is 0 Å². The van der Waals surface area contributed by atoms with Gasteiger partial charge in [-0.1, -0.05) is 49.6 Å². The number of ether oxygens (including phenoxy) is 6. The van der Waals surface area contributed by atoms with Crippen LogP contribution in [0, 0.1) is 22.7 Å². The summed E-state index contributed by atoms with van der Waals surface area (Å²) in [6.07, 6.45) is 0.635. The Morgan fingerprint density at radius 2 is 1.65 bits per heavy atom. The van der Waals surface area contributed by atoms with Crippen molar-refractivity contribution < 1.29 is 56.8 Å². The van der Waals surface area contributed by atoms with Crippen molar-refractivity contribution >= 4 is 49.7 Å². The summed E-state index contributed by atoms with van der Waals surface area (Å²) in [5.41, 5.74) is -2.60. The molecule has 2 fully saturated rings. The summed E-state index contributed by atoms with van der Waals surface area (Å²) in [7, 11) is -2.62. The number of hydrogen-bond donors (Lipinski definition) is 2. The minimum absolute atomic E-state index is 0.0139. The Hall–Kier alpha value is -5.58. The van der Waals surface area contributed by atoms with E-state index in [1.165, 1.54) is 4.52 Å². The largest absolute Gasteiger partial charge is 0.461 e. The zero-order valence-corrected chi connectivity index (χ0v) is 38.6. The van der Waals surface area contributed by atoms with Crippen LogP contribution in [0.4, 0.5) is 15.4 Å². The van der Waals surface area contributed by atoms with Crippen molar-refractivity contribution in [3.05, 3.63) is 60.0 Å². The van der Waals surface area contributed by atoms with Crippen LogP contribution in [0.15, 0.2) is 48.8 Å². The molecule has 2 N–H and O–H groups in total. The van der Waals surface area contributed by atoms with Gasteiger partial charge in [0.1, 0.15) is 48.4 Å². The van der Waals surface area contributed by atoms with Crippen LogP contribution in [-0.4, -0.2) is 96.4 Å². The van der Waals surface area contributed by atoms with Crippen molar-refractivity contribution in [2.45, 2.75) is 142 Å². The molecule has 3 aromatic rings. The molecule has 63 heavy (non-hydrogen) atoms. The summed E-state index contributed by atoms with van der Waals surface area (Å²) in [4.78, 5) is 69.9. The summed E-state index contributed by atoms with van der Waals surface area (Å²) in [6, 6.07) is 13.2. The van der Waals surface area contributed by atoms with Gasteiger partial charge >= 0.3 is 30.1 Å². The Labute approximate surface area is 368 Å². The number of benzene rings is 1. The zero-order valence-electron chi connectivity index (χ0n) is 37.6. The second-order valence-corrected chi connectivity index (χ2v) is 23.3. The highest BCUT2D eigenvalue weighted by Crippen LogP contribution is 2.45. The lowest BCUT2D eigenvalue weighted by Crippen LogP contribution is -2.50. The first kappa shape index (κ1) is 48.4. The number of nitrogens with one attached hydrogen (secondary N) is 2. The highest BCUT2D eigenvalue weighted by atomic mass is 28.4. The molecule has 2 aliphatic rings. The summed E-state index contributed by atoms with van der Waals surface area (Å²) in [5, 5.41) is 20.8. The van der Waals surface area contributed by atoms with Gasteiger partial charge in [0, 0.05) is 12.8 Å². The molecule has 3 heterocycles. The number of anilines is 1. The molecular weight excluding hydrogens is 833 g/mol. The molecule has 1 saturated heterocycles. The van der Waals surface area contributed by atoms with Gasteiger partial charge in [-0.25, -0.2) is 23.9 Å². The maximum Gasteiger partial charge on any atom is 0.415 e. The fourth-order valence-corrected chi connectivity index (χ4v) is 8.39. The number of esters is 3. The number of hydrogen-bond acceptors (Lipinski definition) is 15. The van der Waals surface area contributed by atoms with E-state index < -0.39 is 92.8 Å². The van der Waals surface area contributed by atoms with Crippen molar-refractivity contribution in [1.29, 1.82) is 5.26 Å². The summed E-state index contributed by atoms with van der Waals surface area (Å²) >= 11 is 0. The number of fused-ring (bicyclic) bond motifs is 1. The Balaban J connectivity index is 1.48. The standard InChI is InChI=1S/C44H60N6O12Si/c1-42(2,3)39(53)57-27-58-40(54)49-37-31-20-21-33(50(31)47-26-46-37)44(25-45)36(62-63(7,8)9)35(59-34(51)23-29-18-14-11-15-19-29)32(60-44)24-56-38(52)30(22-28-16-12-10-13-17-28)48-41(55)61-43(4,5)6/h10,12-13,16-17,20-21,26,29-30,32,35-36H,11,14-15,18-19,22-24,27H2,1-9H3,(H,48,55)(H,46,47,49,54)/t30-,32+,35+,36?,44-/m0/s1. The third-order valence-electron chi connectivity index (χ3n) is 10.2. The first-order valence-corrected chi connectivity index (χ1v) is 24.6. The van der Waals surface area contributed by atoms with Gasteiger partial charge in [-0.3, -0.25) is 14.9 Å². The number of alkyl carbamates (subject to hydrolysis) is 1. The monoisotopic (exact) mass is 892 g/mol. The van der Waals surface area contributed by atoms with E-state index in [1.54, 1.807) is 77.9 Å². The Kier molecular flexibility index (Phi) is 15.6. The molecule has 1 unspecified atom stereocenters. The molecule has 0 bridgehead atoms. The molecule has 2 amide bonds. The van der Waals surface area contributed by atoms with Gasteiger partial charge in [0.15, 0.2) is 20.2 Å². The highest BCUT2D eigenvalue weighted by Gasteiger charge is 2.62. The fourth-order valence-electron chi connectivity index (χ4n) is 7.33. The molecule has 18 nitrogen and oxygen atoms in total. The molecule has 1 aliphatic heterocycles. The molecule has 19 heteroatoms. The lowest BCUT2D eigenvalue weighted by molar-refractivity contribution is -0.162. The molecule has 342 valence electrons. The van der Waals surface area contributed by atoms with Gasteiger partial charge in [-0.05, 0) is 97.6 Å². The summed E-state index contributed by atoms with van der Waals surface area (Å²) in [5.74, 6) is -1.80. The predicted octanol–water partition coefficient (Wildman–Crippen LogP) is 6.72. The molecule has 0 spiro atoms. The van der Waals surface area contributed by atoms with Crippen molar-refractivity contribution in [2.75, 3.05) is 18.7 Å². The fraction of sp³-hybridized carbons (Fsp3) is 0.591. The Morgan fingerprint density at radius 1 is 0.952 bits per heavy atom. The quantitative estimate of drug-likeness (QED) is 0.0698. The van der Waals surface area contributed by atoms with E-state index in [-0.39, 0.29) is 35.8 Å². The van der Waals surface area contributed by atoms with E-state index in [0.29, 0.717) is 0 Å². The van der Waals surface area contributed by atoms with Crippen LogP contribution in [0.3, 0.4) is 0 Å². The molecule has 1 saturated carbocycles. The number of aromatic nitrogens is 3. The lowest BCUT2D eigenvalue weighted by atomic mass is 9.87. The minimum atomic E-state index is -2.62.